The summed E-state index contributed by atoms with van der Waals surface area (Å²) in [4.78, 5) is 18.1. The molecule has 0 spiro atoms. The summed E-state index contributed by atoms with van der Waals surface area (Å²) in [5.74, 6) is 1.53. The quantitative estimate of drug-likeness (QED) is 0.776. The Morgan fingerprint density at radius 1 is 1.32 bits per heavy atom. The van der Waals surface area contributed by atoms with E-state index in [1.807, 2.05) is 19.9 Å². The van der Waals surface area contributed by atoms with Crippen molar-refractivity contribution < 1.29 is 9.90 Å². The molecule has 6 atom stereocenters. The molecule has 2 amide bonds. The van der Waals surface area contributed by atoms with Crippen LogP contribution in [-0.2, 0) is 11.8 Å². The number of hydrogen-bond donors (Lipinski definition) is 2. The molecule has 4 bridgehead atoms. The van der Waals surface area contributed by atoms with Crippen LogP contribution in [0.3, 0.4) is 0 Å². The molecule has 31 heavy (non-hydrogen) atoms. The molecule has 168 valence electrons. The minimum atomic E-state index is 0.120. The lowest BCUT2D eigenvalue weighted by Crippen LogP contribution is -2.70. The van der Waals surface area contributed by atoms with Crippen molar-refractivity contribution in [2.75, 3.05) is 19.6 Å². The van der Waals surface area contributed by atoms with E-state index in [2.05, 4.69) is 34.2 Å². The van der Waals surface area contributed by atoms with Crippen molar-refractivity contribution in [3.63, 3.8) is 0 Å². The Kier molecular flexibility index (Phi) is 4.26. The van der Waals surface area contributed by atoms with Gasteiger partial charge < -0.3 is 15.3 Å². The van der Waals surface area contributed by atoms with Gasteiger partial charge in [0.2, 0.25) is 0 Å². The molecular weight excluding hydrogens is 386 g/mol. The average molecular weight is 424 g/mol. The van der Waals surface area contributed by atoms with Crippen molar-refractivity contribution in [3.05, 3.63) is 29.3 Å². The summed E-state index contributed by atoms with van der Waals surface area (Å²) in [6.45, 7) is 9.66. The van der Waals surface area contributed by atoms with E-state index >= 15 is 0 Å². The summed E-state index contributed by atoms with van der Waals surface area (Å²) in [7, 11) is 0. The number of carbonyl (C=O) groups excluding carboxylic acids is 1. The van der Waals surface area contributed by atoms with Crippen LogP contribution in [0, 0.1) is 17.3 Å². The van der Waals surface area contributed by atoms with Crippen LogP contribution in [0.5, 0.6) is 5.75 Å². The summed E-state index contributed by atoms with van der Waals surface area (Å²) in [5, 5.41) is 13.7. The van der Waals surface area contributed by atoms with Crippen LogP contribution in [0.25, 0.3) is 0 Å². The maximum absolute atomic E-state index is 13.1. The first-order chi connectivity index (χ1) is 14.9. The number of urea groups is 1. The number of hydrogen-bond acceptors (Lipinski definition) is 3. The topological polar surface area (TPSA) is 55.8 Å². The van der Waals surface area contributed by atoms with Crippen LogP contribution in [-0.4, -0.2) is 58.7 Å². The van der Waals surface area contributed by atoms with Gasteiger partial charge in [-0.25, -0.2) is 4.79 Å². The smallest absolute Gasteiger partial charge is 0.317 e. The molecule has 2 saturated carbocycles. The van der Waals surface area contributed by atoms with Crippen molar-refractivity contribution in [3.8, 4) is 5.75 Å². The van der Waals surface area contributed by atoms with Gasteiger partial charge >= 0.3 is 6.03 Å². The van der Waals surface area contributed by atoms with Gasteiger partial charge in [0.15, 0.2) is 0 Å². The highest BCUT2D eigenvalue weighted by atomic mass is 16.3. The third-order valence-corrected chi connectivity index (χ3v) is 9.77. The largest absolute Gasteiger partial charge is 0.508 e. The van der Waals surface area contributed by atoms with Gasteiger partial charge in [-0.2, -0.15) is 0 Å². The monoisotopic (exact) mass is 423 g/mol. The fraction of sp³-hybridized carbons (Fsp3) is 0.731. The fourth-order valence-electron chi connectivity index (χ4n) is 9.21. The standard InChI is InChI=1S/C26H37N3O2/c1-4-10-28-11-9-26-20-13-19(30)6-5-17(20)12-22(28)25(26)8-7-21-23(26)18(14-25)15-29(21)24(31)27-16(2)3/h5-6,13,16,18,21-23,30H,4,7-12,14-15H2,1-3H3,(H,27,31)/t18-,21?,22?,23?,25?,26?/m1/s1. The van der Waals surface area contributed by atoms with Crippen molar-refractivity contribution in [1.82, 2.24) is 15.1 Å². The third kappa shape index (κ3) is 2.39. The number of likely N-dealkylation sites (tertiary alicyclic amines) is 2. The van der Waals surface area contributed by atoms with Gasteiger partial charge in [-0.3, -0.25) is 4.90 Å². The molecule has 2 N–H and O–H groups in total. The second kappa shape index (κ2) is 6.63. The van der Waals surface area contributed by atoms with Gasteiger partial charge in [-0.15, -0.1) is 0 Å². The van der Waals surface area contributed by atoms with Crippen molar-refractivity contribution in [2.45, 2.75) is 82.8 Å². The number of piperidine rings is 1. The number of nitrogens with zero attached hydrogens (tertiary/aromatic N) is 2. The van der Waals surface area contributed by atoms with Gasteiger partial charge in [-0.05, 0) is 106 Å². The Labute approximate surface area is 186 Å². The van der Waals surface area contributed by atoms with Crippen molar-refractivity contribution in [1.29, 1.82) is 0 Å². The number of phenols is 1. The van der Waals surface area contributed by atoms with Crippen LogP contribution >= 0.6 is 0 Å². The summed E-state index contributed by atoms with van der Waals surface area (Å²) >= 11 is 0. The fourth-order valence-corrected chi connectivity index (χ4v) is 9.21. The zero-order chi connectivity index (χ0) is 21.5. The molecule has 4 fully saturated rings. The normalized spacial score (nSPS) is 40.1. The predicted molar refractivity (Wildman–Crippen MR) is 121 cm³/mol. The molecule has 0 aromatic heterocycles. The Morgan fingerprint density at radius 2 is 2.16 bits per heavy atom. The van der Waals surface area contributed by atoms with Gasteiger partial charge in [0.1, 0.15) is 5.75 Å². The SMILES string of the molecule is CCCN1CCC23c4cc(O)ccc4CC1C21CCC2C3[C@@H](CN2C(=O)NC(C)C)C1. The Morgan fingerprint density at radius 3 is 2.94 bits per heavy atom. The molecule has 6 rings (SSSR count). The zero-order valence-electron chi connectivity index (χ0n) is 19.2. The number of nitrogens with one attached hydrogen (secondary N) is 1. The van der Waals surface area contributed by atoms with Gasteiger partial charge in [0.05, 0.1) is 0 Å². The zero-order valence-corrected chi connectivity index (χ0v) is 19.2. The number of benzene rings is 1. The molecule has 2 saturated heterocycles. The predicted octanol–water partition coefficient (Wildman–Crippen LogP) is 3.89. The molecule has 5 unspecified atom stereocenters. The number of carbonyl (C=O) groups is 1. The van der Waals surface area contributed by atoms with E-state index in [0.717, 1.165) is 25.9 Å². The molecular formula is C26H37N3O2. The first-order valence-corrected chi connectivity index (χ1v) is 12.5. The summed E-state index contributed by atoms with van der Waals surface area (Å²) < 4.78 is 0. The van der Waals surface area contributed by atoms with Gasteiger partial charge in [0.25, 0.3) is 0 Å². The van der Waals surface area contributed by atoms with E-state index in [9.17, 15) is 9.90 Å². The average Bonchev–Trinajstić information content (AvgIpc) is 3.16. The maximum Gasteiger partial charge on any atom is 0.317 e. The molecule has 0 radical (unpaired) electrons. The van der Waals surface area contributed by atoms with E-state index in [-0.39, 0.29) is 17.5 Å². The molecule has 2 heterocycles. The number of rotatable bonds is 3. The molecule has 3 aliphatic carbocycles. The highest BCUT2D eigenvalue weighted by Gasteiger charge is 2.76. The van der Waals surface area contributed by atoms with Crippen LogP contribution < -0.4 is 5.32 Å². The summed E-state index contributed by atoms with van der Waals surface area (Å²) in [6.07, 6.45) is 7.12. The van der Waals surface area contributed by atoms with E-state index in [0.29, 0.717) is 35.1 Å². The minimum absolute atomic E-state index is 0.120. The third-order valence-electron chi connectivity index (χ3n) is 9.77. The van der Waals surface area contributed by atoms with E-state index in [1.165, 1.54) is 43.4 Å². The summed E-state index contributed by atoms with van der Waals surface area (Å²) in [5.41, 5.74) is 3.32. The molecule has 5 nitrogen and oxygen atoms in total. The first-order valence-electron chi connectivity index (χ1n) is 12.5. The highest BCUT2D eigenvalue weighted by Crippen LogP contribution is 2.75. The first kappa shape index (κ1) is 19.9. The van der Waals surface area contributed by atoms with Gasteiger partial charge in [0, 0.05) is 30.1 Å². The second-order valence-corrected chi connectivity index (χ2v) is 11.3. The molecule has 2 aliphatic heterocycles. The van der Waals surface area contributed by atoms with Crippen LogP contribution in [0.1, 0.15) is 64.0 Å². The molecule has 1 aromatic rings. The molecule has 5 heteroatoms. The molecule has 1 aromatic carbocycles. The summed E-state index contributed by atoms with van der Waals surface area (Å²) in [6, 6.07) is 7.44. The minimum Gasteiger partial charge on any atom is -0.508 e. The van der Waals surface area contributed by atoms with Crippen LogP contribution in [0.4, 0.5) is 4.79 Å². The van der Waals surface area contributed by atoms with Crippen LogP contribution in [0.15, 0.2) is 18.2 Å². The number of amides is 2. The van der Waals surface area contributed by atoms with E-state index in [4.69, 9.17) is 0 Å². The maximum atomic E-state index is 13.1. The van der Waals surface area contributed by atoms with E-state index < -0.39 is 0 Å². The Bertz CT molecular complexity index is 916. The number of aromatic hydroxyl groups is 1. The number of fused-ring (bicyclic) bond motifs is 1. The van der Waals surface area contributed by atoms with Gasteiger partial charge in [-0.1, -0.05) is 13.0 Å². The van der Waals surface area contributed by atoms with Crippen molar-refractivity contribution in [2.24, 2.45) is 17.3 Å². The van der Waals surface area contributed by atoms with E-state index in [1.54, 1.807) is 0 Å². The molecule has 5 aliphatic rings. The Balaban J connectivity index is 1.48. The number of phenolic OH excluding ortho intramolecular Hbond substituents is 1. The Hall–Kier alpha value is -1.75. The highest BCUT2D eigenvalue weighted by molar-refractivity contribution is 5.75. The lowest BCUT2D eigenvalue weighted by Gasteiger charge is -2.66. The second-order valence-electron chi connectivity index (χ2n) is 11.3. The van der Waals surface area contributed by atoms with Crippen LogP contribution in [0.2, 0.25) is 0 Å². The van der Waals surface area contributed by atoms with Crippen molar-refractivity contribution >= 4 is 6.03 Å². The lowest BCUT2D eigenvalue weighted by molar-refractivity contribution is -0.100. The lowest BCUT2D eigenvalue weighted by atomic mass is 9.43.